The summed E-state index contributed by atoms with van der Waals surface area (Å²) >= 11 is 1.74. The lowest BCUT2D eigenvalue weighted by Gasteiger charge is -2.17. The van der Waals surface area contributed by atoms with Crippen LogP contribution in [0.3, 0.4) is 0 Å². The molecule has 2 aromatic rings. The minimum atomic E-state index is 0.305. The molecule has 0 saturated carbocycles. The largest absolute Gasteiger partial charge is 0.309 e. The SMILES string of the molecule is CCCNC(Cc1nc(C)cs1)c1cnn(C)c1C. The molecule has 0 amide bonds. The van der Waals surface area contributed by atoms with E-state index in [9.17, 15) is 0 Å². The molecule has 0 spiro atoms. The fraction of sp³-hybridized carbons (Fsp3) is 0.571. The van der Waals surface area contributed by atoms with Crippen LogP contribution in [0.2, 0.25) is 0 Å². The van der Waals surface area contributed by atoms with E-state index < -0.39 is 0 Å². The first kappa shape index (κ1) is 14.2. The molecule has 104 valence electrons. The minimum absolute atomic E-state index is 0.305. The zero-order chi connectivity index (χ0) is 13.8. The molecule has 0 aliphatic heterocycles. The molecule has 1 atom stereocenters. The zero-order valence-electron chi connectivity index (χ0n) is 12.1. The van der Waals surface area contributed by atoms with Gasteiger partial charge in [-0.3, -0.25) is 4.68 Å². The summed E-state index contributed by atoms with van der Waals surface area (Å²) in [5.74, 6) is 0. The lowest BCUT2D eigenvalue weighted by Crippen LogP contribution is -2.24. The lowest BCUT2D eigenvalue weighted by molar-refractivity contribution is 0.525. The van der Waals surface area contributed by atoms with E-state index in [1.54, 1.807) is 11.3 Å². The summed E-state index contributed by atoms with van der Waals surface area (Å²) in [4.78, 5) is 4.57. The van der Waals surface area contributed by atoms with Gasteiger partial charge < -0.3 is 5.32 Å². The van der Waals surface area contributed by atoms with Crippen molar-refractivity contribution >= 4 is 11.3 Å². The Labute approximate surface area is 118 Å². The Morgan fingerprint density at radius 1 is 1.42 bits per heavy atom. The highest BCUT2D eigenvalue weighted by Crippen LogP contribution is 2.23. The predicted molar refractivity (Wildman–Crippen MR) is 79.5 cm³/mol. The second-order valence-electron chi connectivity index (χ2n) is 4.90. The fourth-order valence-corrected chi connectivity index (χ4v) is 2.96. The number of hydrogen-bond acceptors (Lipinski definition) is 4. The number of hydrogen-bond donors (Lipinski definition) is 1. The Bertz CT molecular complexity index is 529. The van der Waals surface area contributed by atoms with Gasteiger partial charge >= 0.3 is 0 Å². The Kier molecular flexibility index (Phi) is 4.71. The van der Waals surface area contributed by atoms with Crippen molar-refractivity contribution in [3.63, 3.8) is 0 Å². The van der Waals surface area contributed by atoms with Gasteiger partial charge in [0.2, 0.25) is 0 Å². The van der Waals surface area contributed by atoms with Gasteiger partial charge in [0.05, 0.1) is 11.2 Å². The van der Waals surface area contributed by atoms with Gasteiger partial charge in [0.1, 0.15) is 0 Å². The minimum Gasteiger partial charge on any atom is -0.309 e. The van der Waals surface area contributed by atoms with E-state index in [1.807, 2.05) is 24.9 Å². The van der Waals surface area contributed by atoms with Crippen LogP contribution in [0.25, 0.3) is 0 Å². The Balaban J connectivity index is 2.18. The average molecular weight is 278 g/mol. The Morgan fingerprint density at radius 2 is 2.21 bits per heavy atom. The molecule has 2 rings (SSSR count). The molecular formula is C14H22N4S. The summed E-state index contributed by atoms with van der Waals surface area (Å²) in [5, 5.41) is 11.3. The molecule has 0 saturated heterocycles. The molecule has 1 unspecified atom stereocenters. The number of nitrogens with one attached hydrogen (secondary N) is 1. The van der Waals surface area contributed by atoms with Gasteiger partial charge in [-0.1, -0.05) is 6.92 Å². The smallest absolute Gasteiger partial charge is 0.0947 e. The number of rotatable bonds is 6. The molecule has 5 heteroatoms. The van der Waals surface area contributed by atoms with Crippen molar-refractivity contribution in [3.05, 3.63) is 33.5 Å². The standard InChI is InChI=1S/C14H22N4S/c1-5-6-15-13(7-14-17-10(2)9-19-14)12-8-16-18(4)11(12)3/h8-9,13,15H,5-7H2,1-4H3. The second kappa shape index (κ2) is 6.30. The summed E-state index contributed by atoms with van der Waals surface area (Å²) in [7, 11) is 1.99. The molecule has 0 aliphatic rings. The summed E-state index contributed by atoms with van der Waals surface area (Å²) in [6.45, 7) is 7.37. The van der Waals surface area contributed by atoms with E-state index in [4.69, 9.17) is 0 Å². The molecule has 0 bridgehead atoms. The van der Waals surface area contributed by atoms with Crippen LogP contribution in [0, 0.1) is 13.8 Å². The molecule has 2 aromatic heterocycles. The van der Waals surface area contributed by atoms with Gasteiger partial charge in [-0.25, -0.2) is 4.98 Å². The van der Waals surface area contributed by atoms with E-state index in [2.05, 4.69) is 34.6 Å². The lowest BCUT2D eigenvalue weighted by atomic mass is 10.0. The molecule has 4 nitrogen and oxygen atoms in total. The van der Waals surface area contributed by atoms with Crippen molar-refractivity contribution < 1.29 is 0 Å². The highest BCUT2D eigenvalue weighted by Gasteiger charge is 2.18. The van der Waals surface area contributed by atoms with E-state index in [0.717, 1.165) is 25.1 Å². The number of thiazole rings is 1. The van der Waals surface area contributed by atoms with Gasteiger partial charge in [0.15, 0.2) is 0 Å². The van der Waals surface area contributed by atoms with Gasteiger partial charge in [0, 0.05) is 41.8 Å². The van der Waals surface area contributed by atoms with Crippen LogP contribution in [0.15, 0.2) is 11.6 Å². The first-order chi connectivity index (χ1) is 9.11. The Morgan fingerprint density at radius 3 is 2.74 bits per heavy atom. The highest BCUT2D eigenvalue weighted by atomic mass is 32.1. The number of nitrogens with zero attached hydrogens (tertiary/aromatic N) is 3. The number of aryl methyl sites for hydroxylation is 2. The third-order valence-corrected chi connectivity index (χ3v) is 4.32. The maximum Gasteiger partial charge on any atom is 0.0947 e. The van der Waals surface area contributed by atoms with Crippen LogP contribution in [-0.4, -0.2) is 21.3 Å². The van der Waals surface area contributed by atoms with Crippen LogP contribution in [0.1, 0.15) is 41.3 Å². The number of aromatic nitrogens is 3. The topological polar surface area (TPSA) is 42.7 Å². The maximum atomic E-state index is 4.57. The average Bonchev–Trinajstić information content (AvgIpc) is 2.93. The molecule has 0 aromatic carbocycles. The third kappa shape index (κ3) is 3.42. The van der Waals surface area contributed by atoms with Gasteiger partial charge in [-0.2, -0.15) is 5.10 Å². The highest BCUT2D eigenvalue weighted by molar-refractivity contribution is 7.09. The van der Waals surface area contributed by atoms with Crippen LogP contribution in [0.4, 0.5) is 0 Å². The fourth-order valence-electron chi connectivity index (χ4n) is 2.14. The molecule has 0 fully saturated rings. The first-order valence-corrected chi connectivity index (χ1v) is 7.62. The quantitative estimate of drug-likeness (QED) is 0.883. The van der Waals surface area contributed by atoms with Crippen molar-refractivity contribution in [3.8, 4) is 0 Å². The first-order valence-electron chi connectivity index (χ1n) is 6.74. The van der Waals surface area contributed by atoms with E-state index in [1.165, 1.54) is 16.3 Å². The third-order valence-electron chi connectivity index (χ3n) is 3.33. The van der Waals surface area contributed by atoms with Crippen molar-refractivity contribution in [2.24, 2.45) is 7.05 Å². The van der Waals surface area contributed by atoms with Crippen molar-refractivity contribution in [2.45, 2.75) is 39.7 Å². The summed E-state index contributed by atoms with van der Waals surface area (Å²) < 4.78 is 1.93. The van der Waals surface area contributed by atoms with Crippen LogP contribution >= 0.6 is 11.3 Å². The van der Waals surface area contributed by atoms with Crippen LogP contribution in [-0.2, 0) is 13.5 Å². The van der Waals surface area contributed by atoms with Crippen molar-refractivity contribution in [1.82, 2.24) is 20.1 Å². The summed E-state index contributed by atoms with van der Waals surface area (Å²) in [6.07, 6.45) is 4.04. The maximum absolute atomic E-state index is 4.57. The molecule has 19 heavy (non-hydrogen) atoms. The predicted octanol–water partition coefficient (Wildman–Crippen LogP) is 2.78. The second-order valence-corrected chi connectivity index (χ2v) is 5.85. The summed E-state index contributed by atoms with van der Waals surface area (Å²) in [6, 6.07) is 0.305. The summed E-state index contributed by atoms with van der Waals surface area (Å²) in [5.41, 5.74) is 3.61. The van der Waals surface area contributed by atoms with Crippen LogP contribution < -0.4 is 5.32 Å². The van der Waals surface area contributed by atoms with Gasteiger partial charge in [-0.15, -0.1) is 11.3 Å². The van der Waals surface area contributed by atoms with E-state index in [0.29, 0.717) is 6.04 Å². The molecule has 1 N–H and O–H groups in total. The zero-order valence-corrected chi connectivity index (χ0v) is 12.9. The molecule has 0 radical (unpaired) electrons. The van der Waals surface area contributed by atoms with Crippen LogP contribution in [0.5, 0.6) is 0 Å². The van der Waals surface area contributed by atoms with E-state index >= 15 is 0 Å². The van der Waals surface area contributed by atoms with E-state index in [-0.39, 0.29) is 0 Å². The monoisotopic (exact) mass is 278 g/mol. The van der Waals surface area contributed by atoms with Crippen molar-refractivity contribution in [2.75, 3.05) is 6.54 Å². The molecular weight excluding hydrogens is 256 g/mol. The normalized spacial score (nSPS) is 12.8. The van der Waals surface area contributed by atoms with Gasteiger partial charge in [-0.05, 0) is 26.8 Å². The molecule has 0 aliphatic carbocycles. The Hall–Kier alpha value is -1.20. The van der Waals surface area contributed by atoms with Gasteiger partial charge in [0.25, 0.3) is 0 Å². The van der Waals surface area contributed by atoms with Crippen molar-refractivity contribution in [1.29, 1.82) is 0 Å². The molecule has 2 heterocycles.